The molecule has 0 fully saturated rings. The van der Waals surface area contributed by atoms with Crippen LogP contribution in [0.3, 0.4) is 0 Å². The van der Waals surface area contributed by atoms with E-state index in [0.717, 1.165) is 0 Å². The van der Waals surface area contributed by atoms with E-state index in [1.807, 2.05) is 6.92 Å². The van der Waals surface area contributed by atoms with Crippen molar-refractivity contribution >= 4 is 9.84 Å². The van der Waals surface area contributed by atoms with Crippen molar-refractivity contribution in [2.45, 2.75) is 31.6 Å². The molecule has 1 N–H and O–H groups in total. The number of nitrogens with zero attached hydrogens (tertiary/aromatic N) is 1. The minimum Gasteiger partial charge on any atom is -0.442 e. The lowest BCUT2D eigenvalue weighted by molar-refractivity contribution is 0.381. The van der Waals surface area contributed by atoms with Crippen LogP contribution < -0.4 is 5.32 Å². The summed E-state index contributed by atoms with van der Waals surface area (Å²) in [5, 5.41) is 2.98. The molecule has 0 radical (unpaired) electrons. The highest BCUT2D eigenvalue weighted by atomic mass is 32.2. The molecule has 1 rings (SSSR count). The summed E-state index contributed by atoms with van der Waals surface area (Å²) < 4.78 is 27.6. The zero-order chi connectivity index (χ0) is 12.6. The molecule has 0 aliphatic heterocycles. The summed E-state index contributed by atoms with van der Waals surface area (Å²) in [4.78, 5) is 4.07. The Bertz CT molecular complexity index is 462. The summed E-state index contributed by atoms with van der Waals surface area (Å²) in [6.07, 6.45) is 2.67. The molecule has 16 heavy (non-hydrogen) atoms. The van der Waals surface area contributed by atoms with Gasteiger partial charge in [0, 0.05) is 6.26 Å². The van der Waals surface area contributed by atoms with Gasteiger partial charge in [-0.15, -0.1) is 0 Å². The van der Waals surface area contributed by atoms with Crippen molar-refractivity contribution in [3.05, 3.63) is 17.8 Å². The van der Waals surface area contributed by atoms with Gasteiger partial charge in [-0.3, -0.25) is 0 Å². The molecule has 0 saturated heterocycles. The summed E-state index contributed by atoms with van der Waals surface area (Å²) in [7, 11) is -1.44. The van der Waals surface area contributed by atoms with Gasteiger partial charge in [-0.2, -0.15) is 0 Å². The second kappa shape index (κ2) is 4.18. The van der Waals surface area contributed by atoms with Crippen LogP contribution in [0.1, 0.15) is 38.5 Å². The standard InChI is InChI=1S/C10H18N2O3S/c1-7(11-4)9-12-6-8(15-9)10(2,3)16(5,13)14/h6-7,11H,1-5H3. The van der Waals surface area contributed by atoms with Crippen molar-refractivity contribution in [2.75, 3.05) is 13.3 Å². The summed E-state index contributed by atoms with van der Waals surface area (Å²) >= 11 is 0. The average Bonchev–Trinajstić information content (AvgIpc) is 2.64. The van der Waals surface area contributed by atoms with E-state index in [1.54, 1.807) is 20.9 Å². The topological polar surface area (TPSA) is 72.2 Å². The third kappa shape index (κ3) is 2.27. The van der Waals surface area contributed by atoms with Gasteiger partial charge in [0.1, 0.15) is 10.5 Å². The van der Waals surface area contributed by atoms with E-state index in [0.29, 0.717) is 11.7 Å². The fourth-order valence-corrected chi connectivity index (χ4v) is 1.53. The highest BCUT2D eigenvalue weighted by molar-refractivity contribution is 7.91. The molecule has 1 atom stereocenters. The molecule has 0 saturated carbocycles. The molecule has 1 aromatic heterocycles. The minimum absolute atomic E-state index is 0.0379. The van der Waals surface area contributed by atoms with E-state index >= 15 is 0 Å². The SMILES string of the molecule is CNC(C)c1ncc(C(C)(C)S(C)(=O)=O)o1. The molecule has 0 spiro atoms. The van der Waals surface area contributed by atoms with Crippen LogP contribution in [0.2, 0.25) is 0 Å². The molecule has 0 bridgehead atoms. The second-order valence-corrected chi connectivity index (χ2v) is 6.92. The molecule has 5 nitrogen and oxygen atoms in total. The Hall–Kier alpha value is -0.880. The van der Waals surface area contributed by atoms with Crippen molar-refractivity contribution in [3.8, 4) is 0 Å². The predicted octanol–water partition coefficient (Wildman–Crippen LogP) is 1.23. The molecule has 1 aromatic rings. The van der Waals surface area contributed by atoms with Gasteiger partial charge in [0.2, 0.25) is 5.89 Å². The van der Waals surface area contributed by atoms with Crippen molar-refractivity contribution < 1.29 is 12.8 Å². The number of oxazole rings is 1. The molecule has 0 aromatic carbocycles. The van der Waals surface area contributed by atoms with E-state index < -0.39 is 14.6 Å². The van der Waals surface area contributed by atoms with Crippen LogP contribution in [0.15, 0.2) is 10.6 Å². The number of nitrogens with one attached hydrogen (secondary N) is 1. The Morgan fingerprint density at radius 3 is 2.50 bits per heavy atom. The first kappa shape index (κ1) is 13.2. The van der Waals surface area contributed by atoms with Crippen LogP contribution >= 0.6 is 0 Å². The van der Waals surface area contributed by atoms with E-state index in [4.69, 9.17) is 4.42 Å². The van der Waals surface area contributed by atoms with Crippen molar-refractivity contribution in [1.82, 2.24) is 10.3 Å². The fraction of sp³-hybridized carbons (Fsp3) is 0.700. The van der Waals surface area contributed by atoms with Crippen LogP contribution in [0.5, 0.6) is 0 Å². The van der Waals surface area contributed by atoms with E-state index in [9.17, 15) is 8.42 Å². The predicted molar refractivity (Wildman–Crippen MR) is 61.8 cm³/mol. The van der Waals surface area contributed by atoms with Gasteiger partial charge >= 0.3 is 0 Å². The lowest BCUT2D eigenvalue weighted by Crippen LogP contribution is -2.27. The van der Waals surface area contributed by atoms with E-state index in [2.05, 4.69) is 10.3 Å². The van der Waals surface area contributed by atoms with Gasteiger partial charge in [0.15, 0.2) is 9.84 Å². The highest BCUT2D eigenvalue weighted by Gasteiger charge is 2.36. The Balaban J connectivity index is 3.12. The molecule has 0 aliphatic rings. The smallest absolute Gasteiger partial charge is 0.211 e. The molecular weight excluding hydrogens is 228 g/mol. The first-order valence-electron chi connectivity index (χ1n) is 5.03. The third-order valence-corrected chi connectivity index (χ3v) is 4.90. The minimum atomic E-state index is -3.23. The second-order valence-electron chi connectivity index (χ2n) is 4.36. The van der Waals surface area contributed by atoms with Crippen LogP contribution in [0.25, 0.3) is 0 Å². The molecule has 6 heteroatoms. The molecule has 92 valence electrons. The van der Waals surface area contributed by atoms with Gasteiger partial charge < -0.3 is 9.73 Å². The number of hydrogen-bond donors (Lipinski definition) is 1. The maximum absolute atomic E-state index is 11.6. The van der Waals surface area contributed by atoms with Crippen molar-refractivity contribution in [2.24, 2.45) is 0 Å². The Morgan fingerprint density at radius 1 is 1.50 bits per heavy atom. The molecule has 1 heterocycles. The average molecular weight is 246 g/mol. The maximum Gasteiger partial charge on any atom is 0.211 e. The Morgan fingerprint density at radius 2 is 2.06 bits per heavy atom. The van der Waals surface area contributed by atoms with Gasteiger partial charge in [0.25, 0.3) is 0 Å². The zero-order valence-corrected chi connectivity index (χ0v) is 11.1. The first-order valence-corrected chi connectivity index (χ1v) is 6.92. The largest absolute Gasteiger partial charge is 0.442 e. The van der Waals surface area contributed by atoms with Crippen LogP contribution in [-0.2, 0) is 14.6 Å². The van der Waals surface area contributed by atoms with Crippen molar-refractivity contribution in [1.29, 1.82) is 0 Å². The molecule has 0 aliphatic carbocycles. The number of rotatable bonds is 4. The summed E-state index contributed by atoms with van der Waals surface area (Å²) in [5.74, 6) is 0.862. The van der Waals surface area contributed by atoms with E-state index in [1.165, 1.54) is 12.5 Å². The normalized spacial score (nSPS) is 15.1. The maximum atomic E-state index is 11.6. The Kier molecular flexibility index (Phi) is 3.44. The monoisotopic (exact) mass is 246 g/mol. The number of aromatic nitrogens is 1. The zero-order valence-electron chi connectivity index (χ0n) is 10.2. The lowest BCUT2D eigenvalue weighted by Gasteiger charge is -2.18. The van der Waals surface area contributed by atoms with Gasteiger partial charge in [-0.1, -0.05) is 0 Å². The van der Waals surface area contributed by atoms with Crippen LogP contribution in [0.4, 0.5) is 0 Å². The quantitative estimate of drug-likeness (QED) is 0.865. The summed E-state index contributed by atoms with van der Waals surface area (Å²) in [5.41, 5.74) is 0. The van der Waals surface area contributed by atoms with Crippen molar-refractivity contribution in [3.63, 3.8) is 0 Å². The summed E-state index contributed by atoms with van der Waals surface area (Å²) in [6.45, 7) is 5.11. The number of sulfone groups is 1. The fourth-order valence-electron chi connectivity index (χ4n) is 1.07. The molecule has 1 unspecified atom stereocenters. The highest BCUT2D eigenvalue weighted by Crippen LogP contribution is 2.30. The van der Waals surface area contributed by atoms with Crippen LogP contribution in [0, 0.1) is 0 Å². The summed E-state index contributed by atoms with van der Waals surface area (Å²) in [6, 6.07) is -0.0379. The Labute approximate surface area is 96.2 Å². The third-order valence-electron chi connectivity index (χ3n) is 2.85. The molecule has 0 amide bonds. The first-order chi connectivity index (χ1) is 7.20. The van der Waals surface area contributed by atoms with Gasteiger partial charge in [-0.05, 0) is 27.8 Å². The lowest BCUT2D eigenvalue weighted by atomic mass is 10.2. The molecular formula is C10H18N2O3S. The van der Waals surface area contributed by atoms with Crippen LogP contribution in [-0.4, -0.2) is 26.7 Å². The van der Waals surface area contributed by atoms with Gasteiger partial charge in [0.05, 0.1) is 12.2 Å². The van der Waals surface area contributed by atoms with E-state index in [-0.39, 0.29) is 6.04 Å². The van der Waals surface area contributed by atoms with Gasteiger partial charge in [-0.25, -0.2) is 13.4 Å². The number of hydrogen-bond acceptors (Lipinski definition) is 5.